The average Bonchev–Trinajstić information content (AvgIpc) is 3.23. The highest BCUT2D eigenvalue weighted by molar-refractivity contribution is 7.99. The smallest absolute Gasteiger partial charge is 0.496 e. The first-order chi connectivity index (χ1) is 14.8. The molecule has 2 aromatic carbocycles. The quantitative estimate of drug-likeness (QED) is 0.665. The fourth-order valence-corrected chi connectivity index (χ4v) is 4.42. The molecule has 1 unspecified atom stereocenters. The number of hydrogen-bond acceptors (Lipinski definition) is 6. The Bertz CT molecular complexity index is 942. The fraction of sp³-hybridized carbons (Fsp3) is 0.350. The van der Waals surface area contributed by atoms with Gasteiger partial charge in [-0.15, -0.1) is 24.9 Å². The Kier molecular flexibility index (Phi) is 6.94. The van der Waals surface area contributed by atoms with Gasteiger partial charge in [-0.25, -0.2) is 4.79 Å². The Hall–Kier alpha value is -2.95. The van der Waals surface area contributed by atoms with Gasteiger partial charge in [-0.05, 0) is 18.2 Å². The standard InChI is InChI=1S/C20H21F3N2O5S/c1-27-15-11-17(29-3)16(28-2)10-12(15)18-25(8-9-31-18)19(26)24-13-6-4-5-7-14(13)30-20(21,22)23/h4-7,10-11,18H,8-9H2,1-3H3,(H,24,26). The maximum atomic E-state index is 13.0. The molecule has 1 saturated heterocycles. The van der Waals surface area contributed by atoms with Crippen LogP contribution in [0.15, 0.2) is 36.4 Å². The predicted molar refractivity (Wildman–Crippen MR) is 110 cm³/mol. The van der Waals surface area contributed by atoms with Gasteiger partial charge in [-0.3, -0.25) is 0 Å². The van der Waals surface area contributed by atoms with E-state index >= 15 is 0 Å². The van der Waals surface area contributed by atoms with Gasteiger partial charge in [0.15, 0.2) is 17.2 Å². The highest BCUT2D eigenvalue weighted by Crippen LogP contribution is 2.46. The molecule has 0 aromatic heterocycles. The summed E-state index contributed by atoms with van der Waals surface area (Å²) in [6.07, 6.45) is -4.88. The summed E-state index contributed by atoms with van der Waals surface area (Å²) >= 11 is 1.50. The molecule has 0 spiro atoms. The number of methoxy groups -OCH3 is 3. The van der Waals surface area contributed by atoms with Gasteiger partial charge in [0.05, 0.1) is 27.0 Å². The van der Waals surface area contributed by atoms with Gasteiger partial charge in [-0.2, -0.15) is 0 Å². The van der Waals surface area contributed by atoms with Crippen LogP contribution in [-0.4, -0.2) is 50.9 Å². The third-order valence-electron chi connectivity index (χ3n) is 4.51. The molecular formula is C20H21F3N2O5S. The van der Waals surface area contributed by atoms with Gasteiger partial charge in [-0.1, -0.05) is 12.1 Å². The molecule has 11 heteroatoms. The molecule has 1 atom stereocenters. The molecule has 168 valence electrons. The first-order valence-corrected chi connectivity index (χ1v) is 10.2. The van der Waals surface area contributed by atoms with E-state index in [1.165, 1.54) is 56.2 Å². The molecule has 1 heterocycles. The van der Waals surface area contributed by atoms with Crippen molar-refractivity contribution in [3.63, 3.8) is 0 Å². The molecule has 0 saturated carbocycles. The Morgan fingerprint density at radius 1 is 1.03 bits per heavy atom. The van der Waals surface area contributed by atoms with Crippen molar-refractivity contribution in [2.45, 2.75) is 11.7 Å². The summed E-state index contributed by atoms with van der Waals surface area (Å²) in [5, 5.41) is 2.08. The minimum Gasteiger partial charge on any atom is -0.496 e. The van der Waals surface area contributed by atoms with E-state index in [-0.39, 0.29) is 5.69 Å². The van der Waals surface area contributed by atoms with Gasteiger partial charge in [0.25, 0.3) is 0 Å². The second-order valence-electron chi connectivity index (χ2n) is 6.34. The van der Waals surface area contributed by atoms with Gasteiger partial charge < -0.3 is 29.2 Å². The minimum absolute atomic E-state index is 0.0836. The number of benzene rings is 2. The summed E-state index contributed by atoms with van der Waals surface area (Å²) in [5.74, 6) is 1.58. The topological polar surface area (TPSA) is 69.3 Å². The van der Waals surface area contributed by atoms with E-state index in [0.717, 1.165) is 6.07 Å². The zero-order chi connectivity index (χ0) is 22.6. The van der Waals surface area contributed by atoms with Crippen molar-refractivity contribution < 1.29 is 36.9 Å². The van der Waals surface area contributed by atoms with Gasteiger partial charge in [0.1, 0.15) is 11.1 Å². The molecule has 3 rings (SSSR count). The number of urea groups is 1. The summed E-state index contributed by atoms with van der Waals surface area (Å²) in [6, 6.07) is 8.19. The SMILES string of the molecule is COc1cc(OC)c(C2SCCN2C(=O)Nc2ccccc2OC(F)(F)F)cc1OC. The van der Waals surface area contributed by atoms with Crippen LogP contribution in [0, 0.1) is 0 Å². The number of nitrogens with zero attached hydrogens (tertiary/aromatic N) is 1. The van der Waals surface area contributed by atoms with Crippen LogP contribution < -0.4 is 24.3 Å². The Labute approximate surface area is 181 Å². The van der Waals surface area contributed by atoms with E-state index in [1.807, 2.05) is 0 Å². The van der Waals surface area contributed by atoms with Crippen LogP contribution in [0.5, 0.6) is 23.0 Å². The lowest BCUT2D eigenvalue weighted by Gasteiger charge is -2.27. The van der Waals surface area contributed by atoms with Crippen LogP contribution in [0.25, 0.3) is 0 Å². The monoisotopic (exact) mass is 458 g/mol. The predicted octanol–water partition coefficient (Wildman–Crippen LogP) is 4.89. The molecule has 31 heavy (non-hydrogen) atoms. The molecular weight excluding hydrogens is 437 g/mol. The number of carbonyl (C=O) groups is 1. The molecule has 1 fully saturated rings. The number of carbonyl (C=O) groups excluding carboxylic acids is 1. The van der Waals surface area contributed by atoms with Crippen molar-refractivity contribution >= 4 is 23.5 Å². The van der Waals surface area contributed by atoms with E-state index in [2.05, 4.69) is 10.1 Å². The Morgan fingerprint density at radius 2 is 1.68 bits per heavy atom. The number of amides is 2. The number of nitrogens with one attached hydrogen (secondary N) is 1. The minimum atomic E-state index is -4.88. The van der Waals surface area contributed by atoms with Crippen LogP contribution in [0.4, 0.5) is 23.7 Å². The highest BCUT2D eigenvalue weighted by Gasteiger charge is 2.35. The molecule has 0 radical (unpaired) electrons. The van der Waals surface area contributed by atoms with Crippen LogP contribution in [0.2, 0.25) is 0 Å². The average molecular weight is 458 g/mol. The lowest BCUT2D eigenvalue weighted by Crippen LogP contribution is -2.34. The molecule has 1 N–H and O–H groups in total. The summed E-state index contributed by atoms with van der Waals surface area (Å²) in [4.78, 5) is 14.5. The summed E-state index contributed by atoms with van der Waals surface area (Å²) in [5.41, 5.74) is 0.595. The van der Waals surface area contributed by atoms with Crippen molar-refractivity contribution in [3.8, 4) is 23.0 Å². The van der Waals surface area contributed by atoms with E-state index in [0.29, 0.717) is 35.1 Å². The largest absolute Gasteiger partial charge is 0.573 e. The molecule has 0 aliphatic carbocycles. The molecule has 1 aliphatic heterocycles. The van der Waals surface area contributed by atoms with Crippen molar-refractivity contribution in [1.82, 2.24) is 4.90 Å². The second-order valence-corrected chi connectivity index (χ2v) is 7.53. The molecule has 2 aromatic rings. The van der Waals surface area contributed by atoms with Crippen molar-refractivity contribution in [1.29, 1.82) is 0 Å². The van der Waals surface area contributed by atoms with Crippen molar-refractivity contribution in [2.24, 2.45) is 0 Å². The Balaban J connectivity index is 1.87. The number of hydrogen-bond donors (Lipinski definition) is 1. The van der Waals surface area contributed by atoms with Gasteiger partial charge in [0, 0.05) is 23.9 Å². The molecule has 1 aliphatic rings. The first kappa shape index (κ1) is 22.7. The zero-order valence-corrected chi connectivity index (χ0v) is 17.8. The lowest BCUT2D eigenvalue weighted by atomic mass is 10.1. The third-order valence-corrected chi connectivity index (χ3v) is 5.75. The summed E-state index contributed by atoms with van der Waals surface area (Å²) in [7, 11) is 4.50. The van der Waals surface area contributed by atoms with E-state index < -0.39 is 23.5 Å². The van der Waals surface area contributed by atoms with Crippen molar-refractivity contribution in [3.05, 3.63) is 42.0 Å². The maximum absolute atomic E-state index is 13.0. The van der Waals surface area contributed by atoms with Gasteiger partial charge in [0.2, 0.25) is 0 Å². The normalized spacial score (nSPS) is 16.1. The Morgan fingerprint density at radius 3 is 2.32 bits per heavy atom. The van der Waals surface area contributed by atoms with E-state index in [1.54, 1.807) is 12.1 Å². The zero-order valence-electron chi connectivity index (χ0n) is 17.0. The number of anilines is 1. The first-order valence-electron chi connectivity index (χ1n) is 9.11. The summed E-state index contributed by atoms with van der Waals surface area (Å²) in [6.45, 7) is 0.390. The van der Waals surface area contributed by atoms with Crippen LogP contribution in [0.3, 0.4) is 0 Å². The van der Waals surface area contributed by atoms with Crippen LogP contribution >= 0.6 is 11.8 Å². The number of rotatable bonds is 6. The maximum Gasteiger partial charge on any atom is 0.573 e. The molecule has 2 amide bonds. The third kappa shape index (κ3) is 5.22. The van der Waals surface area contributed by atoms with E-state index in [4.69, 9.17) is 14.2 Å². The fourth-order valence-electron chi connectivity index (χ4n) is 3.15. The van der Waals surface area contributed by atoms with Gasteiger partial charge >= 0.3 is 12.4 Å². The molecule has 7 nitrogen and oxygen atoms in total. The highest BCUT2D eigenvalue weighted by atomic mass is 32.2. The van der Waals surface area contributed by atoms with Crippen LogP contribution in [-0.2, 0) is 0 Å². The van der Waals surface area contributed by atoms with E-state index in [9.17, 15) is 18.0 Å². The number of thioether (sulfide) groups is 1. The number of halogens is 3. The van der Waals surface area contributed by atoms with Crippen molar-refractivity contribution in [2.75, 3.05) is 38.9 Å². The number of alkyl halides is 3. The van der Waals surface area contributed by atoms with Crippen LogP contribution in [0.1, 0.15) is 10.9 Å². The second kappa shape index (κ2) is 9.46. The number of ether oxygens (including phenoxy) is 4. The summed E-state index contributed by atoms with van der Waals surface area (Å²) < 4.78 is 58.2. The number of para-hydroxylation sites is 2. The molecule has 0 bridgehead atoms. The lowest BCUT2D eigenvalue weighted by molar-refractivity contribution is -0.274.